The van der Waals surface area contributed by atoms with Crippen LogP contribution in [0.2, 0.25) is 0 Å². The van der Waals surface area contributed by atoms with Crippen LogP contribution in [0.4, 0.5) is 0 Å². The number of methoxy groups -OCH3 is 1. The van der Waals surface area contributed by atoms with E-state index >= 15 is 0 Å². The second-order valence-corrected chi connectivity index (χ2v) is 7.45. The Kier molecular flexibility index (Phi) is 5.34. The van der Waals surface area contributed by atoms with Gasteiger partial charge in [0, 0.05) is 18.5 Å². The molecular weight excluding hydrogens is 334 g/mol. The van der Waals surface area contributed by atoms with Crippen molar-refractivity contribution >= 4 is 39.2 Å². The second-order valence-electron chi connectivity index (χ2n) is 5.39. The van der Waals surface area contributed by atoms with E-state index in [-0.39, 0.29) is 11.5 Å². The molecule has 2 aromatic rings. The van der Waals surface area contributed by atoms with E-state index in [1.807, 2.05) is 0 Å². The van der Waals surface area contributed by atoms with Crippen molar-refractivity contribution in [2.24, 2.45) is 0 Å². The molecule has 2 heterocycles. The summed E-state index contributed by atoms with van der Waals surface area (Å²) in [5.41, 5.74) is 1.14. The van der Waals surface area contributed by atoms with E-state index in [4.69, 9.17) is 4.74 Å². The zero-order chi connectivity index (χ0) is 16.2. The number of carbonyl (C=O) groups is 1. The van der Waals surface area contributed by atoms with Crippen molar-refractivity contribution in [3.8, 4) is 0 Å². The Morgan fingerprint density at radius 2 is 2.35 bits per heavy atom. The smallest absolute Gasteiger partial charge is 0.259 e. The van der Waals surface area contributed by atoms with Crippen molar-refractivity contribution in [1.29, 1.82) is 0 Å². The van der Waals surface area contributed by atoms with Crippen molar-refractivity contribution in [2.45, 2.75) is 25.0 Å². The Balaban J connectivity index is 1.61. The lowest BCUT2D eigenvalue weighted by atomic mass is 10.2. The van der Waals surface area contributed by atoms with Crippen LogP contribution in [0.15, 0.2) is 4.79 Å². The maximum Gasteiger partial charge on any atom is 0.259 e. The van der Waals surface area contributed by atoms with E-state index in [1.165, 1.54) is 22.2 Å². The van der Waals surface area contributed by atoms with Crippen molar-refractivity contribution in [1.82, 2.24) is 15.3 Å². The van der Waals surface area contributed by atoms with Crippen LogP contribution in [-0.2, 0) is 28.1 Å². The van der Waals surface area contributed by atoms with E-state index in [2.05, 4.69) is 15.3 Å². The molecule has 2 aromatic heterocycles. The third-order valence-corrected chi connectivity index (χ3v) is 5.85. The molecular formula is C15H19N3O3S2. The summed E-state index contributed by atoms with van der Waals surface area (Å²) in [7, 11) is 1.60. The zero-order valence-corrected chi connectivity index (χ0v) is 14.6. The van der Waals surface area contributed by atoms with Gasteiger partial charge in [0.2, 0.25) is 5.91 Å². The Bertz CT molecular complexity index is 769. The van der Waals surface area contributed by atoms with Gasteiger partial charge in [-0.15, -0.1) is 23.1 Å². The van der Waals surface area contributed by atoms with Crippen LogP contribution in [0.3, 0.4) is 0 Å². The van der Waals surface area contributed by atoms with Gasteiger partial charge in [-0.1, -0.05) is 0 Å². The number of thiophene rings is 1. The van der Waals surface area contributed by atoms with E-state index in [1.54, 1.807) is 18.4 Å². The number of H-pyrrole nitrogens is 1. The van der Waals surface area contributed by atoms with Gasteiger partial charge in [0.25, 0.3) is 5.56 Å². The predicted octanol–water partition coefficient (Wildman–Crippen LogP) is 1.47. The van der Waals surface area contributed by atoms with E-state index in [0.29, 0.717) is 30.5 Å². The predicted molar refractivity (Wildman–Crippen MR) is 93.3 cm³/mol. The molecule has 0 saturated carbocycles. The van der Waals surface area contributed by atoms with Gasteiger partial charge in [0.1, 0.15) is 10.7 Å². The third-order valence-electron chi connectivity index (χ3n) is 3.72. The monoisotopic (exact) mass is 353 g/mol. The Morgan fingerprint density at radius 1 is 1.48 bits per heavy atom. The highest BCUT2D eigenvalue weighted by Crippen LogP contribution is 2.34. The van der Waals surface area contributed by atoms with Gasteiger partial charge >= 0.3 is 0 Å². The number of amides is 1. The molecule has 0 bridgehead atoms. The average Bonchev–Trinajstić information content (AvgIpc) is 3.07. The molecule has 0 unspecified atom stereocenters. The highest BCUT2D eigenvalue weighted by atomic mass is 32.2. The molecule has 0 spiro atoms. The summed E-state index contributed by atoms with van der Waals surface area (Å²) in [4.78, 5) is 33.5. The van der Waals surface area contributed by atoms with Crippen LogP contribution in [-0.4, -0.2) is 41.9 Å². The van der Waals surface area contributed by atoms with Crippen LogP contribution in [0.25, 0.3) is 10.2 Å². The number of hydrogen-bond donors (Lipinski definition) is 2. The molecule has 0 atom stereocenters. The van der Waals surface area contributed by atoms with Crippen molar-refractivity contribution < 1.29 is 9.53 Å². The van der Waals surface area contributed by atoms with Crippen molar-refractivity contribution in [2.75, 3.05) is 26.0 Å². The minimum Gasteiger partial charge on any atom is -0.383 e. The molecule has 3 rings (SSSR count). The minimum atomic E-state index is -0.0467. The highest BCUT2D eigenvalue weighted by molar-refractivity contribution is 7.99. The summed E-state index contributed by atoms with van der Waals surface area (Å²) >= 11 is 3.07. The summed E-state index contributed by atoms with van der Waals surface area (Å²) in [5, 5.41) is 3.53. The Labute approximate surface area is 142 Å². The topological polar surface area (TPSA) is 84.1 Å². The Hall–Kier alpha value is -1.38. The lowest BCUT2D eigenvalue weighted by Crippen LogP contribution is -2.28. The minimum absolute atomic E-state index is 0.0365. The van der Waals surface area contributed by atoms with Gasteiger partial charge in [-0.2, -0.15) is 0 Å². The number of aromatic amines is 1. The van der Waals surface area contributed by atoms with Gasteiger partial charge in [-0.3, -0.25) is 9.59 Å². The number of ether oxygens (including phenoxy) is 1. The van der Waals surface area contributed by atoms with Gasteiger partial charge < -0.3 is 15.0 Å². The quantitative estimate of drug-likeness (QED) is 0.737. The number of aromatic nitrogens is 2. The van der Waals surface area contributed by atoms with Gasteiger partial charge in [-0.25, -0.2) is 4.98 Å². The fraction of sp³-hybridized carbons (Fsp3) is 0.533. The summed E-state index contributed by atoms with van der Waals surface area (Å²) in [6, 6.07) is 0. The van der Waals surface area contributed by atoms with Crippen LogP contribution >= 0.6 is 23.1 Å². The fourth-order valence-electron chi connectivity index (χ4n) is 2.70. The maximum absolute atomic E-state index is 12.3. The number of carbonyl (C=O) groups excluding carboxylic acids is 1. The van der Waals surface area contributed by atoms with Crippen molar-refractivity contribution in [3.05, 3.63) is 26.6 Å². The van der Waals surface area contributed by atoms with Crippen LogP contribution in [0, 0.1) is 0 Å². The second kappa shape index (κ2) is 7.46. The Morgan fingerprint density at radius 3 is 3.17 bits per heavy atom. The summed E-state index contributed by atoms with van der Waals surface area (Å²) in [6.07, 6.45) is 3.17. The largest absolute Gasteiger partial charge is 0.383 e. The molecule has 6 nitrogen and oxygen atoms in total. The standard InChI is InChI=1S/C15H19N3O3S2/c1-21-6-5-16-12(19)8-22-7-11-17-14(20)13-9-3-2-4-10(9)23-15(13)18-11/h2-8H2,1H3,(H,16,19)(H,17,18,20). The van der Waals surface area contributed by atoms with E-state index in [9.17, 15) is 9.59 Å². The molecule has 0 aliphatic heterocycles. The molecule has 1 amide bonds. The molecule has 2 N–H and O–H groups in total. The zero-order valence-electron chi connectivity index (χ0n) is 12.9. The third kappa shape index (κ3) is 3.76. The van der Waals surface area contributed by atoms with Crippen molar-refractivity contribution in [3.63, 3.8) is 0 Å². The molecule has 0 saturated heterocycles. The maximum atomic E-state index is 12.3. The molecule has 23 heavy (non-hydrogen) atoms. The lowest BCUT2D eigenvalue weighted by molar-refractivity contribution is -0.118. The number of rotatable bonds is 7. The molecule has 1 aliphatic rings. The van der Waals surface area contributed by atoms with Gasteiger partial charge in [0.05, 0.1) is 23.5 Å². The number of nitrogens with zero attached hydrogens (tertiary/aromatic N) is 1. The van der Waals surface area contributed by atoms with Crippen LogP contribution < -0.4 is 10.9 Å². The SMILES string of the molecule is COCCNC(=O)CSCc1nc2sc3c(c2c(=O)[nH]1)CCC3. The first-order valence-electron chi connectivity index (χ1n) is 7.56. The number of thioether (sulfide) groups is 1. The average molecular weight is 353 g/mol. The molecule has 1 aliphatic carbocycles. The summed E-state index contributed by atoms with van der Waals surface area (Å²) < 4.78 is 4.88. The number of hydrogen-bond acceptors (Lipinski definition) is 6. The summed E-state index contributed by atoms with van der Waals surface area (Å²) in [6.45, 7) is 1.02. The molecule has 0 fully saturated rings. The molecule has 0 radical (unpaired) electrons. The molecule has 8 heteroatoms. The lowest BCUT2D eigenvalue weighted by Gasteiger charge is -2.04. The van der Waals surface area contributed by atoms with E-state index < -0.39 is 0 Å². The van der Waals surface area contributed by atoms with E-state index in [0.717, 1.165) is 29.5 Å². The molecule has 124 valence electrons. The van der Waals surface area contributed by atoms with Gasteiger partial charge in [-0.05, 0) is 24.8 Å². The first-order valence-corrected chi connectivity index (χ1v) is 9.53. The normalized spacial score (nSPS) is 13.4. The van der Waals surface area contributed by atoms with Crippen LogP contribution in [0.1, 0.15) is 22.7 Å². The first kappa shape index (κ1) is 16.5. The number of aryl methyl sites for hydroxylation is 2. The molecule has 0 aromatic carbocycles. The number of fused-ring (bicyclic) bond motifs is 3. The summed E-state index contributed by atoms with van der Waals surface area (Å²) in [5.74, 6) is 1.46. The fourth-order valence-corrected chi connectivity index (χ4v) is 4.70. The van der Waals surface area contributed by atoms with Crippen LogP contribution in [0.5, 0.6) is 0 Å². The first-order chi connectivity index (χ1) is 11.2. The number of nitrogens with one attached hydrogen (secondary N) is 2. The van der Waals surface area contributed by atoms with Gasteiger partial charge in [0.15, 0.2) is 0 Å². The highest BCUT2D eigenvalue weighted by Gasteiger charge is 2.21.